The summed E-state index contributed by atoms with van der Waals surface area (Å²) in [6.07, 6.45) is 4.83. The molecule has 1 aliphatic carbocycles. The molecule has 1 fully saturated rings. The van der Waals surface area contributed by atoms with Crippen LogP contribution in [0.1, 0.15) is 35.1 Å². The monoisotopic (exact) mass is 376 g/mol. The van der Waals surface area contributed by atoms with Gasteiger partial charge in [-0.2, -0.15) is 0 Å². The highest BCUT2D eigenvalue weighted by Crippen LogP contribution is 2.36. The second kappa shape index (κ2) is 9.18. The van der Waals surface area contributed by atoms with Crippen LogP contribution in [0.2, 0.25) is 0 Å². The zero-order valence-corrected chi connectivity index (χ0v) is 15.8. The third-order valence-electron chi connectivity index (χ3n) is 5.07. The molecule has 0 amide bonds. The summed E-state index contributed by atoms with van der Waals surface area (Å²) in [5, 5.41) is 0. The summed E-state index contributed by atoms with van der Waals surface area (Å²) in [6, 6.07) is 15.3. The molecule has 2 aromatic carbocycles. The fraction of sp³-hybridized carbons (Fsp3) is 0.250. The summed E-state index contributed by atoms with van der Waals surface area (Å²) in [4.78, 5) is 24.7. The van der Waals surface area contributed by atoms with Gasteiger partial charge < -0.3 is 9.47 Å². The van der Waals surface area contributed by atoms with Crippen molar-refractivity contribution in [2.24, 2.45) is 11.8 Å². The maximum atomic E-state index is 12.3. The van der Waals surface area contributed by atoms with E-state index in [0.29, 0.717) is 12.8 Å². The molecule has 0 unspecified atom stereocenters. The van der Waals surface area contributed by atoms with Crippen LogP contribution in [0, 0.1) is 11.8 Å². The number of ether oxygens (including phenoxy) is 2. The molecule has 1 saturated carbocycles. The molecule has 28 heavy (non-hydrogen) atoms. The first-order valence-electron chi connectivity index (χ1n) is 9.36. The first kappa shape index (κ1) is 19.6. The average Bonchev–Trinajstić information content (AvgIpc) is 2.70. The van der Waals surface area contributed by atoms with Gasteiger partial charge in [0.05, 0.1) is 11.8 Å². The summed E-state index contributed by atoms with van der Waals surface area (Å²) in [7, 11) is 0. The number of rotatable bonds is 8. The molecule has 0 aromatic heterocycles. The number of hydrogen-bond acceptors (Lipinski definition) is 4. The van der Waals surface area contributed by atoms with Crippen LogP contribution in [-0.4, -0.2) is 11.9 Å². The number of carbonyl (C=O) groups excluding carboxylic acids is 2. The number of hydrogen-bond donors (Lipinski definition) is 0. The van der Waals surface area contributed by atoms with Crippen LogP contribution in [0.5, 0.6) is 0 Å². The van der Waals surface area contributed by atoms with E-state index in [9.17, 15) is 9.59 Å². The molecule has 0 saturated heterocycles. The minimum absolute atomic E-state index is 0.199. The molecule has 4 nitrogen and oxygen atoms in total. The van der Waals surface area contributed by atoms with Gasteiger partial charge in [0.25, 0.3) is 0 Å². The Balaban J connectivity index is 1.46. The van der Waals surface area contributed by atoms with E-state index >= 15 is 0 Å². The van der Waals surface area contributed by atoms with Crippen LogP contribution < -0.4 is 0 Å². The van der Waals surface area contributed by atoms with Crippen molar-refractivity contribution in [3.05, 3.63) is 83.9 Å². The molecule has 1 aliphatic rings. The van der Waals surface area contributed by atoms with E-state index in [1.54, 1.807) is 12.2 Å². The van der Waals surface area contributed by atoms with Gasteiger partial charge >= 0.3 is 11.9 Å². The average molecular weight is 376 g/mol. The van der Waals surface area contributed by atoms with Gasteiger partial charge in [-0.25, -0.2) is 0 Å². The van der Waals surface area contributed by atoms with E-state index in [2.05, 4.69) is 13.2 Å². The van der Waals surface area contributed by atoms with E-state index in [4.69, 9.17) is 9.47 Å². The molecule has 0 radical (unpaired) electrons. The van der Waals surface area contributed by atoms with Crippen LogP contribution in [0.3, 0.4) is 0 Å². The molecule has 144 valence electrons. The zero-order valence-electron chi connectivity index (χ0n) is 15.8. The van der Waals surface area contributed by atoms with Crippen LogP contribution in [0.25, 0.3) is 12.2 Å². The minimum Gasteiger partial charge on any atom is -0.461 e. The second-order valence-electron chi connectivity index (χ2n) is 6.90. The van der Waals surface area contributed by atoms with Gasteiger partial charge in [-0.05, 0) is 35.1 Å². The fourth-order valence-corrected chi connectivity index (χ4v) is 3.09. The van der Waals surface area contributed by atoms with Crippen molar-refractivity contribution in [1.29, 1.82) is 0 Å². The number of carbonyl (C=O) groups is 2. The van der Waals surface area contributed by atoms with E-state index in [-0.39, 0.29) is 25.2 Å². The quantitative estimate of drug-likeness (QED) is 0.622. The number of esters is 2. The number of benzene rings is 2. The Morgan fingerprint density at radius 3 is 1.39 bits per heavy atom. The lowest BCUT2D eigenvalue weighted by Gasteiger charge is -2.32. The normalized spacial score (nSPS) is 17.9. The maximum Gasteiger partial charge on any atom is 0.310 e. The largest absolute Gasteiger partial charge is 0.461 e. The maximum absolute atomic E-state index is 12.3. The zero-order chi connectivity index (χ0) is 19.9. The molecule has 0 spiro atoms. The van der Waals surface area contributed by atoms with Gasteiger partial charge in [-0.1, -0.05) is 73.8 Å². The third kappa shape index (κ3) is 4.77. The predicted octanol–water partition coefficient (Wildman–Crippen LogP) is 4.79. The summed E-state index contributed by atoms with van der Waals surface area (Å²) >= 11 is 0. The summed E-state index contributed by atoms with van der Waals surface area (Å²) in [6.45, 7) is 7.82. The summed E-state index contributed by atoms with van der Waals surface area (Å²) in [5.74, 6) is -1.50. The first-order chi connectivity index (χ1) is 13.6. The highest BCUT2D eigenvalue weighted by atomic mass is 16.5. The summed E-state index contributed by atoms with van der Waals surface area (Å²) in [5.41, 5.74) is 3.83. The van der Waals surface area contributed by atoms with Gasteiger partial charge in [0.15, 0.2) is 0 Å². The van der Waals surface area contributed by atoms with E-state index < -0.39 is 11.8 Å². The van der Waals surface area contributed by atoms with Gasteiger partial charge in [-0.15, -0.1) is 0 Å². The van der Waals surface area contributed by atoms with Crippen LogP contribution >= 0.6 is 0 Å². The van der Waals surface area contributed by atoms with Gasteiger partial charge in [0.1, 0.15) is 13.2 Å². The topological polar surface area (TPSA) is 52.6 Å². The van der Waals surface area contributed by atoms with Crippen molar-refractivity contribution >= 4 is 24.1 Å². The Morgan fingerprint density at radius 2 is 1.11 bits per heavy atom. The molecule has 4 heteroatoms. The van der Waals surface area contributed by atoms with Crippen LogP contribution in [0.4, 0.5) is 0 Å². The lowest BCUT2D eigenvalue weighted by atomic mass is 9.73. The smallest absolute Gasteiger partial charge is 0.310 e. The Labute approximate surface area is 165 Å². The Morgan fingerprint density at radius 1 is 0.750 bits per heavy atom. The van der Waals surface area contributed by atoms with Crippen molar-refractivity contribution in [2.75, 3.05) is 0 Å². The van der Waals surface area contributed by atoms with Gasteiger partial charge in [0.2, 0.25) is 0 Å². The molecular weight excluding hydrogens is 352 g/mol. The fourth-order valence-electron chi connectivity index (χ4n) is 3.09. The second-order valence-corrected chi connectivity index (χ2v) is 6.90. The molecule has 3 rings (SSSR count). The van der Waals surface area contributed by atoms with E-state index in [0.717, 1.165) is 22.3 Å². The van der Waals surface area contributed by atoms with Crippen LogP contribution in [0.15, 0.2) is 61.7 Å². The van der Waals surface area contributed by atoms with Gasteiger partial charge in [-0.3, -0.25) is 9.59 Å². The lowest BCUT2D eigenvalue weighted by molar-refractivity contribution is -0.169. The van der Waals surface area contributed by atoms with Crippen molar-refractivity contribution < 1.29 is 19.1 Å². The first-order valence-corrected chi connectivity index (χ1v) is 9.36. The van der Waals surface area contributed by atoms with Crippen molar-refractivity contribution in [2.45, 2.75) is 26.1 Å². The van der Waals surface area contributed by atoms with E-state index in [1.807, 2.05) is 48.5 Å². The standard InChI is InChI=1S/C24H24O4/c1-3-17-5-9-19(10-6-17)15-27-23(25)21-13-14-22(21)24(26)28-16-20-11-7-18(4-2)8-12-20/h3-12,21-22H,1-2,13-16H2/t21-,22+. The molecule has 0 heterocycles. The minimum atomic E-state index is -0.414. The Bertz CT molecular complexity index is 776. The molecule has 0 N–H and O–H groups in total. The molecule has 2 atom stereocenters. The Hall–Kier alpha value is -3.14. The predicted molar refractivity (Wildman–Crippen MR) is 109 cm³/mol. The van der Waals surface area contributed by atoms with Crippen molar-refractivity contribution in [3.8, 4) is 0 Å². The lowest BCUT2D eigenvalue weighted by Crippen LogP contribution is -2.40. The summed E-state index contributed by atoms with van der Waals surface area (Å²) < 4.78 is 10.8. The highest BCUT2D eigenvalue weighted by molar-refractivity contribution is 5.83. The molecule has 0 bridgehead atoms. The molecule has 0 aliphatic heterocycles. The molecular formula is C24H24O4. The Kier molecular flexibility index (Phi) is 6.43. The van der Waals surface area contributed by atoms with E-state index in [1.165, 1.54) is 0 Å². The highest BCUT2D eigenvalue weighted by Gasteiger charge is 2.43. The van der Waals surface area contributed by atoms with Crippen LogP contribution in [-0.2, 0) is 32.3 Å². The van der Waals surface area contributed by atoms with Crippen molar-refractivity contribution in [1.82, 2.24) is 0 Å². The SMILES string of the molecule is C=Cc1ccc(COC(=O)[C@H]2CC[C@H]2C(=O)OCc2ccc(C=C)cc2)cc1. The van der Waals surface area contributed by atoms with Crippen molar-refractivity contribution in [3.63, 3.8) is 0 Å². The third-order valence-corrected chi connectivity index (χ3v) is 5.07. The van der Waals surface area contributed by atoms with Gasteiger partial charge in [0, 0.05) is 0 Å². The molecule has 2 aromatic rings.